The van der Waals surface area contributed by atoms with Crippen LogP contribution in [0.3, 0.4) is 0 Å². The van der Waals surface area contributed by atoms with E-state index in [1.807, 2.05) is 6.07 Å². The number of aromatic nitrogens is 1. The molecule has 0 saturated carbocycles. The Labute approximate surface area is 152 Å². The smallest absolute Gasteiger partial charge is 0.384 e. The quantitative estimate of drug-likeness (QED) is 0.577. The minimum absolute atomic E-state index is 0.296. The van der Waals surface area contributed by atoms with E-state index >= 15 is 0 Å². The Morgan fingerprint density at radius 3 is 2.52 bits per heavy atom. The van der Waals surface area contributed by atoms with Crippen LogP contribution < -0.4 is 5.32 Å². The van der Waals surface area contributed by atoms with Crippen molar-refractivity contribution in [2.24, 2.45) is 0 Å². The maximum Gasteiger partial charge on any atom is 0.416 e. The van der Waals surface area contributed by atoms with Gasteiger partial charge in [0.15, 0.2) is 0 Å². The van der Waals surface area contributed by atoms with Crippen molar-refractivity contribution in [3.63, 3.8) is 0 Å². The molecule has 1 aromatic heterocycles. The van der Waals surface area contributed by atoms with Gasteiger partial charge in [-0.05, 0) is 42.3 Å². The van der Waals surface area contributed by atoms with Gasteiger partial charge >= 0.3 is 6.18 Å². The van der Waals surface area contributed by atoms with Gasteiger partial charge in [0.25, 0.3) is 0 Å². The number of pyridine rings is 1. The number of rotatable bonds is 4. The molecule has 3 rings (SSSR count). The van der Waals surface area contributed by atoms with Gasteiger partial charge in [0, 0.05) is 33.9 Å². The second-order valence-corrected chi connectivity index (χ2v) is 6.34. The largest absolute Gasteiger partial charge is 0.416 e. The molecule has 0 amide bonds. The molecule has 0 spiro atoms. The number of nitrogens with one attached hydrogen (secondary N) is 1. The van der Waals surface area contributed by atoms with Gasteiger partial charge in [-0.3, -0.25) is 4.98 Å². The molecule has 0 radical (unpaired) electrons. The molecule has 3 aromatic rings. The molecule has 2 aromatic carbocycles. The first-order valence-electron chi connectivity index (χ1n) is 7.48. The second-order valence-electron chi connectivity index (χ2n) is 5.50. The Balaban J connectivity index is 1.77. The fourth-order valence-corrected chi connectivity index (χ4v) is 3.04. The standard InChI is InChI=1S/C18H13Cl2F3N2/c19-13-3-1-11(15(20)10-13)5-7-24-16-6-8-25-17-9-12(18(21,22)23)2-4-14(16)17/h1-4,6,8-10H,5,7H2,(H,24,25). The minimum Gasteiger partial charge on any atom is -0.384 e. The van der Waals surface area contributed by atoms with Crippen molar-refractivity contribution in [2.45, 2.75) is 12.6 Å². The molecule has 0 saturated heterocycles. The normalized spacial score (nSPS) is 11.7. The zero-order valence-electron chi connectivity index (χ0n) is 12.9. The molecule has 0 atom stereocenters. The van der Waals surface area contributed by atoms with Gasteiger partial charge in [-0.1, -0.05) is 35.3 Å². The Bertz CT molecular complexity index is 910. The summed E-state index contributed by atoms with van der Waals surface area (Å²) in [5, 5.41) is 5.02. The van der Waals surface area contributed by atoms with Crippen molar-refractivity contribution >= 4 is 39.8 Å². The Morgan fingerprint density at radius 1 is 1.00 bits per heavy atom. The second kappa shape index (κ2) is 7.10. The third-order valence-electron chi connectivity index (χ3n) is 3.79. The molecular weight excluding hydrogens is 372 g/mol. The zero-order valence-corrected chi connectivity index (χ0v) is 14.4. The number of anilines is 1. The van der Waals surface area contributed by atoms with E-state index in [0.29, 0.717) is 33.9 Å². The number of fused-ring (bicyclic) bond motifs is 1. The van der Waals surface area contributed by atoms with Gasteiger partial charge in [-0.15, -0.1) is 0 Å². The van der Waals surface area contributed by atoms with E-state index < -0.39 is 11.7 Å². The van der Waals surface area contributed by atoms with E-state index in [2.05, 4.69) is 10.3 Å². The molecule has 130 valence electrons. The summed E-state index contributed by atoms with van der Waals surface area (Å²) >= 11 is 12.0. The van der Waals surface area contributed by atoms with Gasteiger partial charge < -0.3 is 5.32 Å². The molecule has 1 heterocycles. The van der Waals surface area contributed by atoms with Crippen molar-refractivity contribution < 1.29 is 13.2 Å². The van der Waals surface area contributed by atoms with Crippen LogP contribution in [0.1, 0.15) is 11.1 Å². The number of benzene rings is 2. The van der Waals surface area contributed by atoms with Gasteiger partial charge in [-0.2, -0.15) is 13.2 Å². The summed E-state index contributed by atoms with van der Waals surface area (Å²) in [5.41, 5.74) is 1.25. The molecule has 7 heteroatoms. The highest BCUT2D eigenvalue weighted by molar-refractivity contribution is 6.35. The van der Waals surface area contributed by atoms with Crippen LogP contribution in [0.5, 0.6) is 0 Å². The predicted octanol–water partition coefficient (Wildman–Crippen LogP) is 6.22. The van der Waals surface area contributed by atoms with E-state index in [1.54, 1.807) is 18.2 Å². The lowest BCUT2D eigenvalue weighted by molar-refractivity contribution is -0.137. The molecule has 0 aliphatic heterocycles. The average Bonchev–Trinajstić information content (AvgIpc) is 2.55. The molecule has 1 N–H and O–H groups in total. The fraction of sp³-hybridized carbons (Fsp3) is 0.167. The van der Waals surface area contributed by atoms with Crippen molar-refractivity contribution in [3.8, 4) is 0 Å². The average molecular weight is 385 g/mol. The number of halogens is 5. The van der Waals surface area contributed by atoms with Crippen LogP contribution in [-0.4, -0.2) is 11.5 Å². The molecule has 25 heavy (non-hydrogen) atoms. The summed E-state index contributed by atoms with van der Waals surface area (Å²) in [6, 6.07) is 10.6. The first-order chi connectivity index (χ1) is 11.8. The molecule has 0 bridgehead atoms. The van der Waals surface area contributed by atoms with E-state index in [4.69, 9.17) is 23.2 Å². The summed E-state index contributed by atoms with van der Waals surface area (Å²) < 4.78 is 38.4. The van der Waals surface area contributed by atoms with Gasteiger partial charge in [0.1, 0.15) is 0 Å². The summed E-state index contributed by atoms with van der Waals surface area (Å²) in [6.45, 7) is 0.571. The Morgan fingerprint density at radius 2 is 1.80 bits per heavy atom. The SMILES string of the molecule is FC(F)(F)c1ccc2c(NCCc3ccc(Cl)cc3Cl)ccnc2c1. The van der Waals surface area contributed by atoms with E-state index in [-0.39, 0.29) is 0 Å². The monoisotopic (exact) mass is 384 g/mol. The predicted molar refractivity (Wildman–Crippen MR) is 95.4 cm³/mol. The van der Waals surface area contributed by atoms with Crippen molar-refractivity contribution in [2.75, 3.05) is 11.9 Å². The van der Waals surface area contributed by atoms with E-state index in [1.165, 1.54) is 12.3 Å². The number of hydrogen-bond donors (Lipinski definition) is 1. The van der Waals surface area contributed by atoms with Crippen LogP contribution in [0.2, 0.25) is 10.0 Å². The van der Waals surface area contributed by atoms with Crippen LogP contribution in [-0.2, 0) is 12.6 Å². The third kappa shape index (κ3) is 4.17. The number of nitrogens with zero attached hydrogens (tertiary/aromatic N) is 1. The number of alkyl halides is 3. The molecule has 0 fully saturated rings. The van der Waals surface area contributed by atoms with Crippen molar-refractivity contribution in [1.82, 2.24) is 4.98 Å². The van der Waals surface area contributed by atoms with Gasteiger partial charge in [0.2, 0.25) is 0 Å². The Hall–Kier alpha value is -1.98. The van der Waals surface area contributed by atoms with E-state index in [9.17, 15) is 13.2 Å². The summed E-state index contributed by atoms with van der Waals surface area (Å²) in [4.78, 5) is 4.03. The first-order valence-corrected chi connectivity index (χ1v) is 8.24. The molecule has 0 aliphatic carbocycles. The highest BCUT2D eigenvalue weighted by Crippen LogP contribution is 2.32. The van der Waals surface area contributed by atoms with Crippen LogP contribution >= 0.6 is 23.2 Å². The number of hydrogen-bond acceptors (Lipinski definition) is 2. The molecular formula is C18H13Cl2F3N2. The van der Waals surface area contributed by atoms with Gasteiger partial charge in [-0.25, -0.2) is 0 Å². The molecule has 0 unspecified atom stereocenters. The van der Waals surface area contributed by atoms with E-state index in [0.717, 1.165) is 23.4 Å². The van der Waals surface area contributed by atoms with Crippen LogP contribution in [0, 0.1) is 0 Å². The maximum atomic E-state index is 12.8. The minimum atomic E-state index is -4.38. The van der Waals surface area contributed by atoms with Crippen molar-refractivity contribution in [1.29, 1.82) is 0 Å². The zero-order chi connectivity index (χ0) is 18.0. The topological polar surface area (TPSA) is 24.9 Å². The van der Waals surface area contributed by atoms with Gasteiger partial charge in [0.05, 0.1) is 11.1 Å². The highest BCUT2D eigenvalue weighted by Gasteiger charge is 2.30. The van der Waals surface area contributed by atoms with Crippen LogP contribution in [0.25, 0.3) is 10.9 Å². The lowest BCUT2D eigenvalue weighted by atomic mass is 10.1. The van der Waals surface area contributed by atoms with Crippen molar-refractivity contribution in [3.05, 3.63) is 69.8 Å². The van der Waals surface area contributed by atoms with Crippen LogP contribution in [0.15, 0.2) is 48.7 Å². The summed E-state index contributed by atoms with van der Waals surface area (Å²) in [6.07, 6.45) is -2.24. The lowest BCUT2D eigenvalue weighted by Gasteiger charge is -2.12. The highest BCUT2D eigenvalue weighted by atomic mass is 35.5. The molecule has 0 aliphatic rings. The summed E-state index contributed by atoms with van der Waals surface area (Å²) in [5.74, 6) is 0. The Kier molecular flexibility index (Phi) is 5.06. The third-order valence-corrected chi connectivity index (χ3v) is 4.38. The van der Waals surface area contributed by atoms with Crippen LogP contribution in [0.4, 0.5) is 18.9 Å². The first kappa shape index (κ1) is 17.8. The lowest BCUT2D eigenvalue weighted by Crippen LogP contribution is -2.07. The molecule has 2 nitrogen and oxygen atoms in total. The maximum absolute atomic E-state index is 12.8. The summed E-state index contributed by atoms with van der Waals surface area (Å²) in [7, 11) is 0. The fourth-order valence-electron chi connectivity index (χ4n) is 2.53.